The number of carbonyl (C=O) groups excluding carboxylic acids is 1. The Kier molecular flexibility index (Phi) is 4.02. The molecule has 1 unspecified atom stereocenters. The zero-order valence-electron chi connectivity index (χ0n) is 9.97. The lowest BCUT2D eigenvalue weighted by atomic mass is 9.94. The molecule has 0 aliphatic rings. The summed E-state index contributed by atoms with van der Waals surface area (Å²) in [7, 11) is 0. The van der Waals surface area contributed by atoms with Gasteiger partial charge >= 0.3 is 0 Å². The lowest BCUT2D eigenvalue weighted by Crippen LogP contribution is -2.18. The van der Waals surface area contributed by atoms with Crippen LogP contribution in [0.1, 0.15) is 26.3 Å². The molecule has 2 nitrogen and oxygen atoms in total. The molecule has 1 rings (SSSR count). The predicted octanol–water partition coefficient (Wildman–Crippen LogP) is 2.68. The number of aliphatic hydroxyl groups is 1. The maximum atomic E-state index is 11.4. The molecule has 0 fully saturated rings. The molecule has 2 heteroatoms. The van der Waals surface area contributed by atoms with E-state index in [4.69, 9.17) is 0 Å². The van der Waals surface area contributed by atoms with Crippen LogP contribution in [0, 0.1) is 5.92 Å². The van der Waals surface area contributed by atoms with Crippen LogP contribution in [-0.4, -0.2) is 10.9 Å². The summed E-state index contributed by atoms with van der Waals surface area (Å²) in [6, 6.07) is 9.29. The average Bonchev–Trinajstić information content (AvgIpc) is 2.27. The molecule has 0 saturated heterocycles. The van der Waals surface area contributed by atoms with E-state index in [9.17, 15) is 9.90 Å². The van der Waals surface area contributed by atoms with Crippen molar-refractivity contribution in [2.24, 2.45) is 5.92 Å². The van der Waals surface area contributed by atoms with Gasteiger partial charge in [-0.15, -0.1) is 0 Å². The number of hydrogen-bond acceptors (Lipinski definition) is 2. The van der Waals surface area contributed by atoms with Gasteiger partial charge in [0.25, 0.3) is 0 Å². The lowest BCUT2D eigenvalue weighted by Gasteiger charge is -2.19. The van der Waals surface area contributed by atoms with Crippen molar-refractivity contribution < 1.29 is 9.90 Å². The van der Waals surface area contributed by atoms with Crippen LogP contribution in [0.4, 0.5) is 0 Å². The maximum absolute atomic E-state index is 11.4. The standard InChI is InChI=1S/C14H18O2/c1-11(2)13(15)9-10-14(3,16)12-7-5-4-6-8-12/h4-11,16H,1-3H3/b10-9+. The highest BCUT2D eigenvalue weighted by Gasteiger charge is 2.19. The van der Waals surface area contributed by atoms with Gasteiger partial charge in [-0.05, 0) is 24.6 Å². The van der Waals surface area contributed by atoms with Crippen molar-refractivity contribution in [3.8, 4) is 0 Å². The van der Waals surface area contributed by atoms with Gasteiger partial charge in [-0.1, -0.05) is 44.2 Å². The van der Waals surface area contributed by atoms with E-state index in [0.29, 0.717) is 0 Å². The minimum atomic E-state index is -1.09. The van der Waals surface area contributed by atoms with E-state index in [1.807, 2.05) is 44.2 Å². The summed E-state index contributed by atoms with van der Waals surface area (Å²) in [5, 5.41) is 10.2. The second-order valence-corrected chi connectivity index (χ2v) is 4.40. The van der Waals surface area contributed by atoms with E-state index in [1.54, 1.807) is 13.0 Å². The van der Waals surface area contributed by atoms with Crippen LogP contribution in [0.5, 0.6) is 0 Å². The van der Waals surface area contributed by atoms with Crippen molar-refractivity contribution in [1.82, 2.24) is 0 Å². The molecule has 0 aliphatic heterocycles. The molecule has 16 heavy (non-hydrogen) atoms. The smallest absolute Gasteiger partial charge is 0.158 e. The van der Waals surface area contributed by atoms with Gasteiger partial charge in [-0.3, -0.25) is 4.79 Å². The van der Waals surface area contributed by atoms with Gasteiger partial charge in [0.2, 0.25) is 0 Å². The molecule has 0 amide bonds. The van der Waals surface area contributed by atoms with Crippen molar-refractivity contribution in [3.63, 3.8) is 0 Å². The Morgan fingerprint density at radius 3 is 2.38 bits per heavy atom. The van der Waals surface area contributed by atoms with Gasteiger partial charge < -0.3 is 5.11 Å². The van der Waals surface area contributed by atoms with Crippen molar-refractivity contribution >= 4 is 5.78 Å². The van der Waals surface area contributed by atoms with Crippen LogP contribution in [-0.2, 0) is 10.4 Å². The van der Waals surface area contributed by atoms with Gasteiger partial charge in [0.1, 0.15) is 5.60 Å². The van der Waals surface area contributed by atoms with E-state index in [0.717, 1.165) is 5.56 Å². The highest BCUT2D eigenvalue weighted by Crippen LogP contribution is 2.21. The number of carbonyl (C=O) groups is 1. The predicted molar refractivity (Wildman–Crippen MR) is 65.0 cm³/mol. The Morgan fingerprint density at radius 1 is 1.31 bits per heavy atom. The first-order valence-corrected chi connectivity index (χ1v) is 5.44. The van der Waals surface area contributed by atoms with Crippen LogP contribution < -0.4 is 0 Å². The fraction of sp³-hybridized carbons (Fsp3) is 0.357. The van der Waals surface area contributed by atoms with Gasteiger partial charge in [0.15, 0.2) is 5.78 Å². The first-order chi connectivity index (χ1) is 7.43. The van der Waals surface area contributed by atoms with Crippen molar-refractivity contribution in [2.75, 3.05) is 0 Å². The van der Waals surface area contributed by atoms with Crippen LogP contribution >= 0.6 is 0 Å². The van der Waals surface area contributed by atoms with Crippen molar-refractivity contribution in [2.45, 2.75) is 26.4 Å². The number of hydrogen-bond donors (Lipinski definition) is 1. The molecule has 0 bridgehead atoms. The van der Waals surface area contributed by atoms with Crippen molar-refractivity contribution in [3.05, 3.63) is 48.0 Å². The quantitative estimate of drug-likeness (QED) is 0.789. The van der Waals surface area contributed by atoms with Crippen molar-refractivity contribution in [1.29, 1.82) is 0 Å². The number of allylic oxidation sites excluding steroid dienone is 1. The third-order valence-corrected chi connectivity index (χ3v) is 2.50. The molecule has 1 aromatic rings. The molecule has 86 valence electrons. The van der Waals surface area contributed by atoms with E-state index in [1.165, 1.54) is 6.08 Å². The van der Waals surface area contributed by atoms with Crippen LogP contribution in [0.15, 0.2) is 42.5 Å². The summed E-state index contributed by atoms with van der Waals surface area (Å²) in [5.41, 5.74) is -0.311. The first-order valence-electron chi connectivity index (χ1n) is 5.44. The molecular formula is C14H18O2. The Labute approximate surface area is 96.6 Å². The summed E-state index contributed by atoms with van der Waals surface area (Å²) < 4.78 is 0. The highest BCUT2D eigenvalue weighted by molar-refractivity contribution is 5.91. The Hall–Kier alpha value is -1.41. The van der Waals surface area contributed by atoms with E-state index >= 15 is 0 Å². The molecule has 0 spiro atoms. The summed E-state index contributed by atoms with van der Waals surface area (Å²) >= 11 is 0. The SMILES string of the molecule is CC(C)C(=O)/C=C/C(C)(O)c1ccccc1. The molecule has 1 aromatic carbocycles. The Morgan fingerprint density at radius 2 is 1.88 bits per heavy atom. The zero-order valence-corrected chi connectivity index (χ0v) is 9.97. The molecule has 1 N–H and O–H groups in total. The summed E-state index contributed by atoms with van der Waals surface area (Å²) in [4.78, 5) is 11.4. The number of ketones is 1. The topological polar surface area (TPSA) is 37.3 Å². The normalized spacial score (nSPS) is 15.3. The summed E-state index contributed by atoms with van der Waals surface area (Å²) in [6.45, 7) is 5.35. The molecule has 0 radical (unpaired) electrons. The largest absolute Gasteiger partial charge is 0.381 e. The van der Waals surface area contributed by atoms with Crippen LogP contribution in [0.25, 0.3) is 0 Å². The monoisotopic (exact) mass is 218 g/mol. The minimum absolute atomic E-state index is 0.0243. The van der Waals surface area contributed by atoms with Gasteiger partial charge in [-0.2, -0.15) is 0 Å². The zero-order chi connectivity index (χ0) is 12.2. The lowest BCUT2D eigenvalue weighted by molar-refractivity contribution is -0.117. The summed E-state index contributed by atoms with van der Waals surface area (Å²) in [5.74, 6) is -0.0148. The van der Waals surface area contributed by atoms with Crippen LogP contribution in [0.3, 0.4) is 0 Å². The summed E-state index contributed by atoms with van der Waals surface area (Å²) in [6.07, 6.45) is 3.00. The average molecular weight is 218 g/mol. The third kappa shape index (κ3) is 3.31. The Balaban J connectivity index is 2.84. The fourth-order valence-electron chi connectivity index (χ4n) is 1.31. The van der Waals surface area contributed by atoms with Crippen LogP contribution in [0.2, 0.25) is 0 Å². The number of benzene rings is 1. The van der Waals surface area contributed by atoms with Gasteiger partial charge in [0.05, 0.1) is 0 Å². The molecule has 0 aromatic heterocycles. The second kappa shape index (κ2) is 5.08. The molecule has 1 atom stereocenters. The van der Waals surface area contributed by atoms with Gasteiger partial charge in [-0.25, -0.2) is 0 Å². The van der Waals surface area contributed by atoms with E-state index in [-0.39, 0.29) is 11.7 Å². The van der Waals surface area contributed by atoms with Gasteiger partial charge in [0, 0.05) is 5.92 Å². The fourth-order valence-corrected chi connectivity index (χ4v) is 1.31. The number of rotatable bonds is 4. The molecule has 0 heterocycles. The molecule has 0 aliphatic carbocycles. The third-order valence-electron chi connectivity index (χ3n) is 2.50. The second-order valence-electron chi connectivity index (χ2n) is 4.40. The van der Waals surface area contributed by atoms with E-state index < -0.39 is 5.60 Å². The van der Waals surface area contributed by atoms with E-state index in [2.05, 4.69) is 0 Å². The minimum Gasteiger partial charge on any atom is -0.381 e. The first kappa shape index (κ1) is 12.7. The molecular weight excluding hydrogens is 200 g/mol. The molecule has 0 saturated carbocycles. The highest BCUT2D eigenvalue weighted by atomic mass is 16.3. The maximum Gasteiger partial charge on any atom is 0.158 e. The Bertz CT molecular complexity index is 375.